The standard InChI is InChI=1S/C16H14O3S2/c1-18-10-4-5-11-12-7-9(15(17)19-2)3-6-13(12)16(20,21)14(11)8-10/h3-8,20-21H,1-2H3. The minimum atomic E-state index is -0.714. The summed E-state index contributed by atoms with van der Waals surface area (Å²) < 4.78 is 9.33. The first-order chi connectivity index (χ1) is 9.98. The van der Waals surface area contributed by atoms with Crippen molar-refractivity contribution in [1.82, 2.24) is 0 Å². The molecule has 108 valence electrons. The summed E-state index contributed by atoms with van der Waals surface area (Å²) in [6.07, 6.45) is 0. The van der Waals surface area contributed by atoms with Gasteiger partial charge in [-0.15, -0.1) is 0 Å². The van der Waals surface area contributed by atoms with E-state index in [9.17, 15) is 4.79 Å². The molecule has 3 nitrogen and oxygen atoms in total. The Labute approximate surface area is 134 Å². The summed E-state index contributed by atoms with van der Waals surface area (Å²) in [5.41, 5.74) is 4.36. The summed E-state index contributed by atoms with van der Waals surface area (Å²) in [6.45, 7) is 0. The molecule has 0 aromatic heterocycles. The van der Waals surface area contributed by atoms with Crippen LogP contribution in [0.25, 0.3) is 11.1 Å². The van der Waals surface area contributed by atoms with Crippen LogP contribution in [0, 0.1) is 0 Å². The number of methoxy groups -OCH3 is 2. The fraction of sp³-hybridized carbons (Fsp3) is 0.188. The van der Waals surface area contributed by atoms with E-state index in [4.69, 9.17) is 34.7 Å². The third-order valence-corrected chi connectivity index (χ3v) is 4.67. The predicted octanol–water partition coefficient (Wildman–Crippen LogP) is 3.52. The molecule has 0 bridgehead atoms. The van der Waals surface area contributed by atoms with E-state index in [2.05, 4.69) is 0 Å². The highest BCUT2D eigenvalue weighted by atomic mass is 32.2. The van der Waals surface area contributed by atoms with Crippen LogP contribution in [0.5, 0.6) is 5.75 Å². The van der Waals surface area contributed by atoms with E-state index in [0.717, 1.165) is 28.0 Å². The fourth-order valence-corrected chi connectivity index (χ4v) is 3.39. The molecular formula is C16H14O3S2. The highest BCUT2D eigenvalue weighted by molar-refractivity contribution is 8.00. The zero-order valence-corrected chi connectivity index (χ0v) is 13.4. The maximum Gasteiger partial charge on any atom is 0.337 e. The Morgan fingerprint density at radius 2 is 1.76 bits per heavy atom. The van der Waals surface area contributed by atoms with E-state index in [-0.39, 0.29) is 5.97 Å². The zero-order valence-electron chi connectivity index (χ0n) is 11.6. The number of hydrogen-bond donors (Lipinski definition) is 2. The number of thiol groups is 2. The number of carbonyl (C=O) groups excluding carboxylic acids is 1. The van der Waals surface area contributed by atoms with Gasteiger partial charge in [0.1, 0.15) is 9.83 Å². The van der Waals surface area contributed by atoms with Crippen LogP contribution in [0.15, 0.2) is 36.4 Å². The fourth-order valence-electron chi connectivity index (χ4n) is 2.63. The molecule has 0 aliphatic heterocycles. The van der Waals surface area contributed by atoms with E-state index in [1.165, 1.54) is 7.11 Å². The summed E-state index contributed by atoms with van der Waals surface area (Å²) in [5.74, 6) is 0.394. The van der Waals surface area contributed by atoms with Gasteiger partial charge in [-0.1, -0.05) is 12.1 Å². The van der Waals surface area contributed by atoms with Gasteiger partial charge in [0, 0.05) is 0 Å². The highest BCUT2D eigenvalue weighted by Crippen LogP contribution is 2.54. The second-order valence-electron chi connectivity index (χ2n) is 4.84. The lowest BCUT2D eigenvalue weighted by molar-refractivity contribution is 0.0601. The van der Waals surface area contributed by atoms with Gasteiger partial charge < -0.3 is 9.47 Å². The van der Waals surface area contributed by atoms with E-state index in [1.807, 2.05) is 30.3 Å². The molecule has 2 aromatic carbocycles. The number of ether oxygens (including phenoxy) is 2. The second-order valence-corrected chi connectivity index (χ2v) is 6.53. The first-order valence-corrected chi connectivity index (χ1v) is 7.25. The van der Waals surface area contributed by atoms with Crippen LogP contribution < -0.4 is 4.74 Å². The van der Waals surface area contributed by atoms with Crippen molar-refractivity contribution in [2.45, 2.75) is 4.08 Å². The summed E-state index contributed by atoms with van der Waals surface area (Å²) >= 11 is 9.39. The number of hydrogen-bond acceptors (Lipinski definition) is 5. The van der Waals surface area contributed by atoms with Crippen molar-refractivity contribution in [3.05, 3.63) is 53.1 Å². The molecule has 1 aliphatic carbocycles. The van der Waals surface area contributed by atoms with E-state index in [0.29, 0.717) is 5.56 Å². The molecule has 0 saturated heterocycles. The van der Waals surface area contributed by atoms with Crippen LogP contribution in [0.2, 0.25) is 0 Å². The van der Waals surface area contributed by atoms with Crippen LogP contribution in [-0.4, -0.2) is 20.2 Å². The van der Waals surface area contributed by atoms with Crippen molar-refractivity contribution in [2.24, 2.45) is 0 Å². The third-order valence-electron chi connectivity index (χ3n) is 3.71. The van der Waals surface area contributed by atoms with Gasteiger partial charge in [0.25, 0.3) is 0 Å². The zero-order chi connectivity index (χ0) is 15.2. The van der Waals surface area contributed by atoms with Crippen molar-refractivity contribution >= 4 is 31.2 Å². The molecule has 21 heavy (non-hydrogen) atoms. The number of benzene rings is 2. The molecule has 1 aliphatic rings. The Hall–Kier alpha value is -1.59. The van der Waals surface area contributed by atoms with Gasteiger partial charge in [0.05, 0.1) is 19.8 Å². The van der Waals surface area contributed by atoms with Crippen molar-refractivity contribution in [2.75, 3.05) is 14.2 Å². The van der Waals surface area contributed by atoms with Gasteiger partial charge in [0.2, 0.25) is 0 Å². The van der Waals surface area contributed by atoms with Crippen LogP contribution in [0.4, 0.5) is 0 Å². The minimum absolute atomic E-state index is 0.358. The predicted molar refractivity (Wildman–Crippen MR) is 88.5 cm³/mol. The normalized spacial score (nSPS) is 14.3. The van der Waals surface area contributed by atoms with Crippen molar-refractivity contribution < 1.29 is 14.3 Å². The first kappa shape index (κ1) is 14.4. The molecule has 2 aromatic rings. The van der Waals surface area contributed by atoms with E-state index >= 15 is 0 Å². The molecule has 5 heteroatoms. The molecule has 0 spiro atoms. The van der Waals surface area contributed by atoms with Crippen LogP contribution in [-0.2, 0) is 8.82 Å². The molecule has 0 saturated carbocycles. The van der Waals surface area contributed by atoms with Crippen molar-refractivity contribution in [3.63, 3.8) is 0 Å². The third kappa shape index (κ3) is 2.12. The van der Waals surface area contributed by atoms with Crippen molar-refractivity contribution in [3.8, 4) is 16.9 Å². The van der Waals surface area contributed by atoms with Crippen LogP contribution >= 0.6 is 25.3 Å². The molecule has 0 unspecified atom stereocenters. The number of fused-ring (bicyclic) bond motifs is 3. The van der Waals surface area contributed by atoms with Gasteiger partial charge in [0.15, 0.2) is 0 Å². The lowest BCUT2D eigenvalue weighted by atomic mass is 10.0. The molecule has 0 atom stereocenters. The topological polar surface area (TPSA) is 35.5 Å². The lowest BCUT2D eigenvalue weighted by Gasteiger charge is -2.19. The average molecular weight is 318 g/mol. The molecule has 3 rings (SSSR count). The SMILES string of the molecule is COC(=O)c1ccc2c(c1)-c1ccc(OC)cc1C2(S)S. The Morgan fingerprint density at radius 1 is 1.00 bits per heavy atom. The highest BCUT2D eigenvalue weighted by Gasteiger charge is 2.38. The number of esters is 1. The van der Waals surface area contributed by atoms with Gasteiger partial charge in [-0.25, -0.2) is 4.79 Å². The number of rotatable bonds is 2. The van der Waals surface area contributed by atoms with Gasteiger partial charge in [-0.2, -0.15) is 25.3 Å². The molecule has 0 N–H and O–H groups in total. The largest absolute Gasteiger partial charge is 0.497 e. The van der Waals surface area contributed by atoms with E-state index in [1.54, 1.807) is 13.2 Å². The summed E-state index contributed by atoms with van der Waals surface area (Å²) in [4.78, 5) is 11.7. The maximum atomic E-state index is 11.7. The Bertz CT molecular complexity index is 738. The van der Waals surface area contributed by atoms with Crippen LogP contribution in [0.1, 0.15) is 21.5 Å². The summed E-state index contributed by atoms with van der Waals surface area (Å²) in [7, 11) is 2.99. The lowest BCUT2D eigenvalue weighted by Crippen LogP contribution is -2.09. The van der Waals surface area contributed by atoms with Gasteiger partial charge >= 0.3 is 5.97 Å². The quantitative estimate of drug-likeness (QED) is 0.505. The van der Waals surface area contributed by atoms with Crippen LogP contribution in [0.3, 0.4) is 0 Å². The smallest absolute Gasteiger partial charge is 0.337 e. The molecule has 0 amide bonds. The van der Waals surface area contributed by atoms with Gasteiger partial charge in [-0.05, 0) is 46.5 Å². The monoisotopic (exact) mass is 318 g/mol. The molecular weight excluding hydrogens is 304 g/mol. The maximum absolute atomic E-state index is 11.7. The molecule has 0 radical (unpaired) electrons. The Kier molecular flexibility index (Phi) is 3.42. The second kappa shape index (κ2) is 5.00. The average Bonchev–Trinajstić information content (AvgIpc) is 2.74. The summed E-state index contributed by atoms with van der Waals surface area (Å²) in [6, 6.07) is 11.2. The van der Waals surface area contributed by atoms with E-state index < -0.39 is 4.08 Å². The Balaban J connectivity index is 2.23. The van der Waals surface area contributed by atoms with Crippen molar-refractivity contribution in [1.29, 1.82) is 0 Å². The van der Waals surface area contributed by atoms with Gasteiger partial charge in [-0.3, -0.25) is 0 Å². The molecule has 0 fully saturated rings. The first-order valence-electron chi connectivity index (χ1n) is 6.35. The number of carbonyl (C=O) groups is 1. The summed E-state index contributed by atoms with van der Waals surface area (Å²) in [5, 5.41) is 0. The minimum Gasteiger partial charge on any atom is -0.497 e. The molecule has 0 heterocycles. The Morgan fingerprint density at radius 3 is 2.43 bits per heavy atom.